The third-order valence-corrected chi connectivity index (χ3v) is 6.24. The number of halogens is 2. The molecular weight excluding hydrogens is 435 g/mol. The minimum Gasteiger partial charge on any atom is -0.481 e. The van der Waals surface area contributed by atoms with E-state index in [1.807, 2.05) is 48.5 Å². The summed E-state index contributed by atoms with van der Waals surface area (Å²) in [6.07, 6.45) is 4.58. The Hall–Kier alpha value is -2.63. The van der Waals surface area contributed by atoms with Gasteiger partial charge in [-0.2, -0.15) is 5.10 Å². The molecule has 4 rings (SSSR count). The van der Waals surface area contributed by atoms with Crippen LogP contribution in [-0.2, 0) is 9.59 Å². The Labute approximate surface area is 191 Å². The quantitative estimate of drug-likeness (QED) is 0.601. The number of hydrogen-bond acceptors (Lipinski definition) is 3. The first kappa shape index (κ1) is 21.6. The third kappa shape index (κ3) is 4.83. The molecule has 160 valence electrons. The summed E-state index contributed by atoms with van der Waals surface area (Å²) in [7, 11) is 0. The first-order valence-electron chi connectivity index (χ1n) is 10.3. The van der Waals surface area contributed by atoms with Gasteiger partial charge in [-0.15, -0.1) is 0 Å². The number of amides is 1. The van der Waals surface area contributed by atoms with Crippen LogP contribution in [0.15, 0.2) is 59.2 Å². The highest BCUT2D eigenvalue weighted by molar-refractivity contribution is 6.30. The van der Waals surface area contributed by atoms with E-state index in [-0.39, 0.29) is 30.7 Å². The molecule has 1 heterocycles. The number of carbonyl (C=O) groups excluding carboxylic acids is 1. The summed E-state index contributed by atoms with van der Waals surface area (Å²) in [5.41, 5.74) is 3.99. The van der Waals surface area contributed by atoms with E-state index < -0.39 is 5.97 Å². The normalized spacial score (nSPS) is 21.7. The zero-order valence-electron chi connectivity index (χ0n) is 16.8. The molecule has 1 aliphatic carbocycles. The third-order valence-electron chi connectivity index (χ3n) is 5.73. The molecule has 2 atom stereocenters. The predicted molar refractivity (Wildman–Crippen MR) is 122 cm³/mol. The standard InChI is InChI=1S/C24H22Cl2N2O3/c25-18-8-4-15(5-9-18)14-17-2-1-3-20-23(17)27-28(21(29)12-13-22(30)31)24(20)16-6-10-19(26)11-7-16/h4-11,14,20,24H,1-3,12-13H2,(H,30,31)/b17-14-/t20-,24+/m0/s1. The first-order chi connectivity index (χ1) is 14.9. The average molecular weight is 457 g/mol. The Morgan fingerprint density at radius 3 is 2.32 bits per heavy atom. The summed E-state index contributed by atoms with van der Waals surface area (Å²) >= 11 is 12.1. The van der Waals surface area contributed by atoms with Crippen molar-refractivity contribution >= 4 is 46.9 Å². The molecule has 1 amide bonds. The summed E-state index contributed by atoms with van der Waals surface area (Å²) in [5.74, 6) is -1.22. The minimum atomic E-state index is -0.996. The van der Waals surface area contributed by atoms with Crippen molar-refractivity contribution in [3.63, 3.8) is 0 Å². The fraction of sp³-hybridized carbons (Fsp3) is 0.292. The maximum atomic E-state index is 12.9. The summed E-state index contributed by atoms with van der Waals surface area (Å²) in [6.45, 7) is 0. The van der Waals surface area contributed by atoms with Crippen LogP contribution in [0.2, 0.25) is 10.0 Å². The smallest absolute Gasteiger partial charge is 0.303 e. The van der Waals surface area contributed by atoms with E-state index >= 15 is 0 Å². The van der Waals surface area contributed by atoms with E-state index in [2.05, 4.69) is 6.08 Å². The number of rotatable bonds is 5. The molecule has 2 aromatic rings. The van der Waals surface area contributed by atoms with Crippen LogP contribution in [0.4, 0.5) is 0 Å². The van der Waals surface area contributed by atoms with Gasteiger partial charge in [-0.3, -0.25) is 9.59 Å². The van der Waals surface area contributed by atoms with Crippen LogP contribution in [0.1, 0.15) is 49.3 Å². The van der Waals surface area contributed by atoms with Gasteiger partial charge in [0.1, 0.15) is 0 Å². The zero-order valence-corrected chi connectivity index (χ0v) is 18.3. The van der Waals surface area contributed by atoms with E-state index in [1.165, 1.54) is 5.01 Å². The number of aliphatic carboxylic acids is 1. The monoisotopic (exact) mass is 456 g/mol. The number of hydrazone groups is 1. The summed E-state index contributed by atoms with van der Waals surface area (Å²) < 4.78 is 0. The second-order valence-corrected chi connectivity index (χ2v) is 8.71. The number of carbonyl (C=O) groups is 2. The molecule has 1 N–H and O–H groups in total. The van der Waals surface area contributed by atoms with Crippen molar-refractivity contribution in [1.82, 2.24) is 5.01 Å². The number of carboxylic acid groups (broad SMARTS) is 1. The molecular formula is C24H22Cl2N2O3. The second kappa shape index (κ2) is 9.25. The molecule has 5 nitrogen and oxygen atoms in total. The van der Waals surface area contributed by atoms with Gasteiger partial charge in [0.15, 0.2) is 0 Å². The molecule has 0 aromatic heterocycles. The fourth-order valence-corrected chi connectivity index (χ4v) is 4.54. The van der Waals surface area contributed by atoms with Gasteiger partial charge >= 0.3 is 5.97 Å². The van der Waals surface area contributed by atoms with Gasteiger partial charge in [-0.05, 0) is 66.3 Å². The molecule has 0 saturated heterocycles. The molecule has 0 spiro atoms. The van der Waals surface area contributed by atoms with Crippen molar-refractivity contribution in [3.05, 3.63) is 75.3 Å². The Bertz CT molecular complexity index is 1050. The van der Waals surface area contributed by atoms with Gasteiger partial charge in [0.05, 0.1) is 18.2 Å². The first-order valence-corrected chi connectivity index (χ1v) is 11.0. The minimum absolute atomic E-state index is 0.0576. The molecule has 2 aromatic carbocycles. The van der Waals surface area contributed by atoms with Crippen LogP contribution in [0, 0.1) is 5.92 Å². The van der Waals surface area contributed by atoms with Gasteiger partial charge < -0.3 is 5.11 Å². The lowest BCUT2D eigenvalue weighted by molar-refractivity contribution is -0.141. The van der Waals surface area contributed by atoms with Crippen LogP contribution in [-0.4, -0.2) is 27.7 Å². The van der Waals surface area contributed by atoms with E-state index in [4.69, 9.17) is 33.4 Å². The molecule has 1 saturated carbocycles. The van der Waals surface area contributed by atoms with Crippen molar-refractivity contribution < 1.29 is 14.7 Å². The Kier molecular flexibility index (Phi) is 6.44. The Balaban J connectivity index is 1.70. The van der Waals surface area contributed by atoms with Crippen LogP contribution in [0.25, 0.3) is 6.08 Å². The lowest BCUT2D eigenvalue weighted by Gasteiger charge is -2.29. The Morgan fingerprint density at radius 1 is 1.03 bits per heavy atom. The Morgan fingerprint density at radius 2 is 1.68 bits per heavy atom. The topological polar surface area (TPSA) is 70.0 Å². The highest BCUT2D eigenvalue weighted by Gasteiger charge is 2.43. The molecule has 7 heteroatoms. The molecule has 0 bridgehead atoms. The van der Waals surface area contributed by atoms with E-state index in [9.17, 15) is 9.59 Å². The van der Waals surface area contributed by atoms with Gasteiger partial charge in [-0.1, -0.05) is 47.5 Å². The number of benzene rings is 2. The van der Waals surface area contributed by atoms with Crippen molar-refractivity contribution in [1.29, 1.82) is 0 Å². The van der Waals surface area contributed by atoms with Crippen molar-refractivity contribution in [2.75, 3.05) is 0 Å². The maximum Gasteiger partial charge on any atom is 0.303 e. The van der Waals surface area contributed by atoms with Gasteiger partial charge in [-0.25, -0.2) is 5.01 Å². The number of hydrogen-bond donors (Lipinski definition) is 1. The number of carboxylic acids is 1. The van der Waals surface area contributed by atoms with Gasteiger partial charge in [0, 0.05) is 22.4 Å². The molecule has 31 heavy (non-hydrogen) atoms. The lowest BCUT2D eigenvalue weighted by Crippen LogP contribution is -2.32. The van der Waals surface area contributed by atoms with Crippen molar-refractivity contribution in [2.45, 2.75) is 38.1 Å². The van der Waals surface area contributed by atoms with E-state index in [0.717, 1.165) is 41.7 Å². The predicted octanol–water partition coefficient (Wildman–Crippen LogP) is 5.98. The van der Waals surface area contributed by atoms with Gasteiger partial charge in [0.25, 0.3) is 0 Å². The van der Waals surface area contributed by atoms with Crippen molar-refractivity contribution in [3.8, 4) is 0 Å². The van der Waals surface area contributed by atoms with Crippen molar-refractivity contribution in [2.24, 2.45) is 11.0 Å². The van der Waals surface area contributed by atoms with E-state index in [1.54, 1.807) is 0 Å². The number of nitrogens with zero attached hydrogens (tertiary/aromatic N) is 2. The maximum absolute atomic E-state index is 12.9. The SMILES string of the molecule is O=C(O)CCC(=O)N1N=C2/C(=C\c3ccc(Cl)cc3)CCC[C@@H]2[C@H]1c1ccc(Cl)cc1. The highest BCUT2D eigenvalue weighted by atomic mass is 35.5. The number of fused-ring (bicyclic) bond motifs is 1. The van der Waals surface area contributed by atoms with E-state index in [0.29, 0.717) is 10.0 Å². The van der Waals surface area contributed by atoms with Crippen LogP contribution in [0.3, 0.4) is 0 Å². The van der Waals surface area contributed by atoms with Crippen LogP contribution in [0.5, 0.6) is 0 Å². The highest BCUT2D eigenvalue weighted by Crippen LogP contribution is 2.44. The molecule has 1 aliphatic heterocycles. The zero-order chi connectivity index (χ0) is 22.0. The lowest BCUT2D eigenvalue weighted by atomic mass is 9.77. The second-order valence-electron chi connectivity index (χ2n) is 7.83. The fourth-order valence-electron chi connectivity index (χ4n) is 4.29. The van der Waals surface area contributed by atoms with Crippen LogP contribution >= 0.6 is 23.2 Å². The summed E-state index contributed by atoms with van der Waals surface area (Å²) in [5, 5.41) is 16.6. The molecule has 0 unspecified atom stereocenters. The average Bonchev–Trinajstić information content (AvgIpc) is 3.15. The molecule has 1 fully saturated rings. The van der Waals surface area contributed by atoms with Gasteiger partial charge in [0.2, 0.25) is 5.91 Å². The summed E-state index contributed by atoms with van der Waals surface area (Å²) in [6, 6.07) is 14.8. The summed E-state index contributed by atoms with van der Waals surface area (Å²) in [4.78, 5) is 23.9. The molecule has 2 aliphatic rings. The largest absolute Gasteiger partial charge is 0.481 e. The van der Waals surface area contributed by atoms with Crippen LogP contribution < -0.4 is 0 Å². The molecule has 0 radical (unpaired) electrons. The number of allylic oxidation sites excluding steroid dienone is 1.